The van der Waals surface area contributed by atoms with E-state index in [0.29, 0.717) is 0 Å². The quantitative estimate of drug-likeness (QED) is 0.0487. The van der Waals surface area contributed by atoms with Crippen LogP contribution in [0.3, 0.4) is 0 Å². The van der Waals surface area contributed by atoms with Crippen molar-refractivity contribution < 1.29 is 28.8 Å². The summed E-state index contributed by atoms with van der Waals surface area (Å²) in [4.78, 5) is 22.9. The number of benzene rings is 2. The minimum Gasteiger partial charge on any atom is -0.545 e. The summed E-state index contributed by atoms with van der Waals surface area (Å²) < 4.78 is 2.95. The fraction of sp³-hybridized carbons (Fsp3) is 0.821. The van der Waals surface area contributed by atoms with E-state index in [1.165, 1.54) is 406 Å². The summed E-state index contributed by atoms with van der Waals surface area (Å²) in [5.74, 6) is -2.43. The first kappa shape index (κ1) is 82.7. The number of rotatable bonds is 60. The average molecular weight is 1210 g/mol. The van der Waals surface area contributed by atoms with E-state index in [1.807, 2.05) is 0 Å². The molecule has 2 aromatic carbocycles. The van der Waals surface area contributed by atoms with Crippen LogP contribution in [0.4, 0.5) is 0 Å². The summed E-state index contributed by atoms with van der Waals surface area (Å²) in [6, 6.07) is 12.5. The predicted octanol–water partition coefficient (Wildman–Crippen LogP) is 23.1. The SMILES string of the molecule is CCCCCCCC[N+](CCCCCCCC)(CCCCCCCC)CCCCCCCC.CCCCCCCC[N+](CCCCCCCC)(CCCCCCCC)CCCCCCCC.O=C([O-])c1ccc(Sc2ccc(C(=O)[O-])cc2)cc1. The van der Waals surface area contributed by atoms with E-state index in [9.17, 15) is 19.8 Å². The number of aromatic carboxylic acids is 2. The van der Waals surface area contributed by atoms with Gasteiger partial charge in [0.2, 0.25) is 0 Å². The van der Waals surface area contributed by atoms with Crippen molar-refractivity contribution in [1.29, 1.82) is 0 Å². The van der Waals surface area contributed by atoms with Crippen LogP contribution >= 0.6 is 11.8 Å². The lowest BCUT2D eigenvalue weighted by molar-refractivity contribution is -0.929. The number of nitrogens with zero attached hydrogens (tertiary/aromatic N) is 2. The van der Waals surface area contributed by atoms with Crippen molar-refractivity contribution in [3.05, 3.63) is 59.7 Å². The molecule has 85 heavy (non-hydrogen) atoms. The molecule has 0 unspecified atom stereocenters. The highest BCUT2D eigenvalue weighted by Crippen LogP contribution is 2.28. The average Bonchev–Trinajstić information content (AvgIpc) is 3.62. The molecule has 0 saturated carbocycles. The van der Waals surface area contributed by atoms with E-state index >= 15 is 0 Å². The van der Waals surface area contributed by atoms with Crippen LogP contribution in [-0.4, -0.2) is 73.3 Å². The number of carbonyl (C=O) groups excluding carboxylic acids is 2. The van der Waals surface area contributed by atoms with Gasteiger partial charge in [-0.15, -0.1) is 0 Å². The van der Waals surface area contributed by atoms with Gasteiger partial charge in [-0.1, -0.05) is 297 Å². The molecule has 2 rings (SSSR count). The van der Waals surface area contributed by atoms with Crippen LogP contribution in [0.1, 0.15) is 384 Å². The number of hydrogen-bond acceptors (Lipinski definition) is 5. The molecule has 0 fully saturated rings. The van der Waals surface area contributed by atoms with Gasteiger partial charge >= 0.3 is 0 Å². The highest BCUT2D eigenvalue weighted by Gasteiger charge is 2.27. The Morgan fingerprint density at radius 3 is 0.529 bits per heavy atom. The predicted molar refractivity (Wildman–Crippen MR) is 372 cm³/mol. The number of unbranched alkanes of at least 4 members (excludes halogenated alkanes) is 40. The molecule has 0 amide bonds. The standard InChI is InChI=1S/2C32H68N.C14H10O4S/c2*1-5-9-13-17-21-25-29-33(30-26-22-18-14-10-6-2,31-27-23-19-15-11-7-3)32-28-24-20-16-12-8-4;15-13(16)9-1-5-11(6-2-9)19-12-7-3-10(4-8-12)14(17)18/h2*5-32H2,1-4H3;1-8H,(H,15,16)(H,17,18)/q2*+1;/p-2. The monoisotopic (exact) mass is 1210 g/mol. The van der Waals surface area contributed by atoms with Crippen LogP contribution < -0.4 is 10.2 Å². The Kier molecular flexibility index (Phi) is 60.2. The maximum absolute atomic E-state index is 10.6. The molecule has 0 radical (unpaired) electrons. The molecular weight excluding hydrogens is 1060 g/mol. The van der Waals surface area contributed by atoms with Gasteiger partial charge in [-0.05, 0) is 138 Å². The Labute approximate surface area is 535 Å². The summed E-state index contributed by atoms with van der Waals surface area (Å²) in [5.41, 5.74) is 0.244. The summed E-state index contributed by atoms with van der Waals surface area (Å²) in [5, 5.41) is 21.2. The van der Waals surface area contributed by atoms with E-state index in [4.69, 9.17) is 0 Å². The Morgan fingerprint density at radius 2 is 0.388 bits per heavy atom. The van der Waals surface area contributed by atoms with Crippen molar-refractivity contribution in [2.24, 2.45) is 0 Å². The van der Waals surface area contributed by atoms with E-state index in [-0.39, 0.29) is 11.1 Å². The third-order valence-electron chi connectivity index (χ3n) is 18.3. The lowest BCUT2D eigenvalue weighted by atomic mass is 10.0. The van der Waals surface area contributed by atoms with Crippen LogP contribution in [-0.2, 0) is 0 Å². The highest BCUT2D eigenvalue weighted by atomic mass is 32.2. The van der Waals surface area contributed by atoms with Gasteiger partial charge in [0.25, 0.3) is 0 Å². The van der Waals surface area contributed by atoms with Crippen molar-refractivity contribution >= 4 is 23.7 Å². The van der Waals surface area contributed by atoms with Crippen LogP contribution in [0.5, 0.6) is 0 Å². The smallest absolute Gasteiger partial charge is 0.0786 e. The van der Waals surface area contributed by atoms with Gasteiger partial charge in [0.05, 0.1) is 64.3 Å². The molecule has 0 bridgehead atoms. The zero-order chi connectivity index (χ0) is 62.4. The van der Waals surface area contributed by atoms with Crippen molar-refractivity contribution in [1.82, 2.24) is 0 Å². The Hall–Kier alpha value is -2.35. The summed E-state index contributed by atoms with van der Waals surface area (Å²) in [6.07, 6.45) is 69.5. The Morgan fingerprint density at radius 1 is 0.247 bits per heavy atom. The largest absolute Gasteiger partial charge is 0.545 e. The molecule has 0 saturated heterocycles. The molecule has 496 valence electrons. The van der Waals surface area contributed by atoms with Gasteiger partial charge in [-0.2, -0.15) is 0 Å². The molecule has 2 aromatic rings. The van der Waals surface area contributed by atoms with Crippen LogP contribution in [0.15, 0.2) is 58.3 Å². The normalized spacial score (nSPS) is 11.6. The fourth-order valence-corrected chi connectivity index (χ4v) is 13.4. The minimum atomic E-state index is -1.21. The lowest BCUT2D eigenvalue weighted by Crippen LogP contribution is -2.50. The summed E-state index contributed by atoms with van der Waals surface area (Å²) in [7, 11) is 0. The van der Waals surface area contributed by atoms with Crippen LogP contribution in [0.25, 0.3) is 0 Å². The first-order chi connectivity index (χ1) is 41.5. The lowest BCUT2D eigenvalue weighted by Gasteiger charge is -2.40. The van der Waals surface area contributed by atoms with Crippen molar-refractivity contribution in [2.75, 3.05) is 52.4 Å². The second kappa shape index (κ2) is 61.9. The van der Waals surface area contributed by atoms with Gasteiger partial charge in [0.15, 0.2) is 0 Å². The highest BCUT2D eigenvalue weighted by molar-refractivity contribution is 7.99. The molecule has 7 heteroatoms. The van der Waals surface area contributed by atoms with E-state index in [2.05, 4.69) is 55.4 Å². The number of quaternary nitrogens is 2. The van der Waals surface area contributed by atoms with Crippen molar-refractivity contribution in [2.45, 2.75) is 373 Å². The third-order valence-corrected chi connectivity index (χ3v) is 19.3. The van der Waals surface area contributed by atoms with Crippen molar-refractivity contribution in [3.63, 3.8) is 0 Å². The van der Waals surface area contributed by atoms with Gasteiger partial charge in [0, 0.05) is 9.79 Å². The third kappa shape index (κ3) is 50.1. The maximum atomic E-state index is 10.6. The second-order valence-electron chi connectivity index (χ2n) is 26.3. The molecule has 0 aromatic heterocycles. The maximum Gasteiger partial charge on any atom is 0.0786 e. The van der Waals surface area contributed by atoms with E-state index in [1.54, 1.807) is 24.3 Å². The van der Waals surface area contributed by atoms with E-state index in [0.717, 1.165) is 9.79 Å². The molecule has 6 nitrogen and oxygen atoms in total. The fourth-order valence-electron chi connectivity index (χ4n) is 12.6. The van der Waals surface area contributed by atoms with Crippen molar-refractivity contribution in [3.8, 4) is 0 Å². The van der Waals surface area contributed by atoms with Gasteiger partial charge in [-0.25, -0.2) is 0 Å². The Bertz CT molecular complexity index is 1440. The first-order valence-electron chi connectivity index (χ1n) is 37.6. The summed E-state index contributed by atoms with van der Waals surface area (Å²) >= 11 is 1.40. The number of hydrogen-bond donors (Lipinski definition) is 0. The zero-order valence-corrected chi connectivity index (χ0v) is 59.0. The molecule has 0 aliphatic heterocycles. The zero-order valence-electron chi connectivity index (χ0n) is 58.2. The van der Waals surface area contributed by atoms with Gasteiger partial charge in [0.1, 0.15) is 0 Å². The molecule has 0 aliphatic rings. The molecule has 0 spiro atoms. The number of carboxylic acids is 2. The van der Waals surface area contributed by atoms with E-state index < -0.39 is 11.9 Å². The van der Waals surface area contributed by atoms with Gasteiger partial charge in [-0.3, -0.25) is 0 Å². The topological polar surface area (TPSA) is 80.3 Å². The van der Waals surface area contributed by atoms with Crippen LogP contribution in [0.2, 0.25) is 0 Å². The number of carbonyl (C=O) groups is 2. The second-order valence-corrected chi connectivity index (χ2v) is 27.5. The molecule has 0 aliphatic carbocycles. The molecule has 0 atom stereocenters. The Balaban J connectivity index is 0.00000129. The minimum absolute atomic E-state index is 0.122. The molecule has 0 N–H and O–H groups in total. The summed E-state index contributed by atoms with van der Waals surface area (Å²) in [6.45, 7) is 30.5. The first-order valence-corrected chi connectivity index (χ1v) is 38.4. The number of carboxylic acid groups (broad SMARTS) is 2. The van der Waals surface area contributed by atoms with Crippen LogP contribution in [0, 0.1) is 0 Å². The van der Waals surface area contributed by atoms with Gasteiger partial charge < -0.3 is 28.8 Å². The molecular formula is C78H144N2O4S. The molecule has 0 heterocycles.